The van der Waals surface area contributed by atoms with Gasteiger partial charge in [-0.2, -0.15) is 0 Å². The first-order chi connectivity index (χ1) is 6.86. The van der Waals surface area contributed by atoms with E-state index in [0.717, 1.165) is 11.3 Å². The predicted octanol–water partition coefficient (Wildman–Crippen LogP) is 2.86. The predicted molar refractivity (Wildman–Crippen MR) is 57.2 cm³/mol. The van der Waals surface area contributed by atoms with Crippen LogP contribution in [0.1, 0.15) is 12.5 Å². The summed E-state index contributed by atoms with van der Waals surface area (Å²) in [6.45, 7) is 2.61. The summed E-state index contributed by atoms with van der Waals surface area (Å²) in [6, 6.07) is 7.75. The van der Waals surface area contributed by atoms with Crippen LogP contribution in [0.2, 0.25) is 0 Å². The molecule has 0 heterocycles. The van der Waals surface area contributed by atoms with Crippen molar-refractivity contribution in [1.29, 1.82) is 0 Å². The van der Waals surface area contributed by atoms with E-state index < -0.39 is 0 Å². The quantitative estimate of drug-likeness (QED) is 0.537. The highest BCUT2D eigenvalue weighted by Gasteiger charge is 1.88. The lowest BCUT2D eigenvalue weighted by Gasteiger charge is -1.97. The molecule has 1 aromatic rings. The van der Waals surface area contributed by atoms with Crippen molar-refractivity contribution in [2.24, 2.45) is 0 Å². The molecule has 0 unspecified atom stereocenters. The maximum Gasteiger partial charge on any atom is 0.125 e. The number of hydrogen-bond donors (Lipinski definition) is 0. The Morgan fingerprint density at radius 1 is 1.29 bits per heavy atom. The average Bonchev–Trinajstić information content (AvgIpc) is 2.25. The smallest absolute Gasteiger partial charge is 0.125 e. The van der Waals surface area contributed by atoms with Crippen molar-refractivity contribution in [1.82, 2.24) is 0 Å². The summed E-state index contributed by atoms with van der Waals surface area (Å²) >= 11 is 0. The molecule has 0 amide bonds. The first-order valence-corrected chi connectivity index (χ1v) is 4.53. The van der Waals surface area contributed by atoms with Crippen LogP contribution in [0.15, 0.2) is 36.3 Å². The van der Waals surface area contributed by atoms with Gasteiger partial charge in [-0.15, -0.1) is 0 Å². The largest absolute Gasteiger partial charge is 0.497 e. The minimum absolute atomic E-state index is 0.670. The van der Waals surface area contributed by atoms with E-state index in [9.17, 15) is 0 Å². The third-order valence-electron chi connectivity index (χ3n) is 1.68. The van der Waals surface area contributed by atoms with Crippen LogP contribution >= 0.6 is 0 Å². The Morgan fingerprint density at radius 2 is 2.00 bits per heavy atom. The molecule has 2 nitrogen and oxygen atoms in total. The van der Waals surface area contributed by atoms with Gasteiger partial charge in [-0.3, -0.25) is 0 Å². The van der Waals surface area contributed by atoms with Gasteiger partial charge >= 0.3 is 0 Å². The van der Waals surface area contributed by atoms with E-state index in [1.165, 1.54) is 0 Å². The third-order valence-corrected chi connectivity index (χ3v) is 1.68. The highest BCUT2D eigenvalue weighted by molar-refractivity contribution is 5.49. The van der Waals surface area contributed by atoms with Crippen LogP contribution in [0.3, 0.4) is 0 Å². The van der Waals surface area contributed by atoms with Crippen molar-refractivity contribution in [2.45, 2.75) is 6.92 Å². The van der Waals surface area contributed by atoms with Gasteiger partial charge in [-0.1, -0.05) is 17.9 Å². The van der Waals surface area contributed by atoms with Crippen LogP contribution in [0, 0.1) is 0 Å². The van der Waals surface area contributed by atoms with E-state index in [4.69, 9.17) is 9.47 Å². The average molecular weight is 190 g/mol. The van der Waals surface area contributed by atoms with Crippen molar-refractivity contribution in [2.75, 3.05) is 13.7 Å². The Balaban J connectivity index is 2.64. The molecule has 14 heavy (non-hydrogen) atoms. The van der Waals surface area contributed by atoms with Crippen LogP contribution in [0.5, 0.6) is 5.75 Å². The highest BCUT2D eigenvalue weighted by atomic mass is 16.5. The second-order valence-corrected chi connectivity index (χ2v) is 2.66. The molecule has 0 saturated heterocycles. The Labute approximate surface area is 84.5 Å². The van der Waals surface area contributed by atoms with Crippen molar-refractivity contribution in [3.8, 4) is 5.75 Å². The van der Waals surface area contributed by atoms with Gasteiger partial charge in [0.25, 0.3) is 0 Å². The van der Waals surface area contributed by atoms with Crippen LogP contribution in [0.4, 0.5) is 0 Å². The molecule has 0 atom stereocenters. The Kier molecular flexibility index (Phi) is 4.39. The molecule has 0 aliphatic rings. The topological polar surface area (TPSA) is 18.5 Å². The summed E-state index contributed by atoms with van der Waals surface area (Å²) < 4.78 is 10.1. The van der Waals surface area contributed by atoms with Crippen LogP contribution in [0.25, 0.3) is 6.08 Å². The van der Waals surface area contributed by atoms with E-state index in [1.54, 1.807) is 13.4 Å². The molecule has 0 N–H and O–H groups in total. The first-order valence-electron chi connectivity index (χ1n) is 4.53. The van der Waals surface area contributed by atoms with Gasteiger partial charge in [0.1, 0.15) is 12.0 Å². The lowest BCUT2D eigenvalue weighted by Crippen LogP contribution is -1.81. The molecule has 2 heteroatoms. The molecule has 1 rings (SSSR count). The zero-order chi connectivity index (χ0) is 10.2. The van der Waals surface area contributed by atoms with E-state index in [1.807, 2.05) is 37.3 Å². The van der Waals surface area contributed by atoms with Crippen molar-refractivity contribution in [3.05, 3.63) is 41.8 Å². The summed E-state index contributed by atoms with van der Waals surface area (Å²) in [4.78, 5) is 0. The fourth-order valence-electron chi connectivity index (χ4n) is 0.962. The maximum atomic E-state index is 5.05. The fourth-order valence-corrected chi connectivity index (χ4v) is 0.962. The van der Waals surface area contributed by atoms with Gasteiger partial charge in [0.2, 0.25) is 0 Å². The van der Waals surface area contributed by atoms with Crippen LogP contribution in [-0.4, -0.2) is 13.7 Å². The number of methoxy groups -OCH3 is 1. The van der Waals surface area contributed by atoms with Crippen LogP contribution in [-0.2, 0) is 4.74 Å². The molecular formula is C12H14O2. The van der Waals surface area contributed by atoms with Gasteiger partial charge in [0.15, 0.2) is 0 Å². The van der Waals surface area contributed by atoms with Crippen molar-refractivity contribution in [3.63, 3.8) is 0 Å². The molecule has 0 radical (unpaired) electrons. The summed E-state index contributed by atoms with van der Waals surface area (Å²) in [7, 11) is 1.65. The molecule has 1 aromatic carbocycles. The van der Waals surface area contributed by atoms with Gasteiger partial charge in [-0.05, 0) is 30.7 Å². The molecule has 0 saturated carbocycles. The van der Waals surface area contributed by atoms with E-state index in [2.05, 4.69) is 5.73 Å². The second kappa shape index (κ2) is 5.90. The Bertz CT molecular complexity index is 319. The number of ether oxygens (including phenoxy) is 2. The number of hydrogen-bond acceptors (Lipinski definition) is 2. The van der Waals surface area contributed by atoms with E-state index in [0.29, 0.717) is 6.61 Å². The lowest BCUT2D eigenvalue weighted by molar-refractivity contribution is 0.270. The number of rotatable bonds is 4. The molecule has 0 aliphatic heterocycles. The summed E-state index contributed by atoms with van der Waals surface area (Å²) in [5.74, 6) is 0.857. The van der Waals surface area contributed by atoms with Gasteiger partial charge < -0.3 is 9.47 Å². The third kappa shape index (κ3) is 3.38. The van der Waals surface area contributed by atoms with Crippen molar-refractivity contribution >= 4 is 6.08 Å². The zero-order valence-corrected chi connectivity index (χ0v) is 8.49. The van der Waals surface area contributed by atoms with Crippen molar-refractivity contribution < 1.29 is 9.47 Å². The number of benzene rings is 1. The van der Waals surface area contributed by atoms with Gasteiger partial charge in [0.05, 0.1) is 13.7 Å². The molecule has 0 bridgehead atoms. The maximum absolute atomic E-state index is 5.05. The monoisotopic (exact) mass is 190 g/mol. The fraction of sp³-hybridized carbons (Fsp3) is 0.250. The van der Waals surface area contributed by atoms with Gasteiger partial charge in [-0.25, -0.2) is 0 Å². The molecule has 0 spiro atoms. The molecule has 0 aliphatic carbocycles. The highest BCUT2D eigenvalue weighted by Crippen LogP contribution is 2.11. The van der Waals surface area contributed by atoms with Gasteiger partial charge in [0, 0.05) is 0 Å². The molecular weight excluding hydrogens is 176 g/mol. The lowest BCUT2D eigenvalue weighted by atomic mass is 10.2. The van der Waals surface area contributed by atoms with E-state index >= 15 is 0 Å². The van der Waals surface area contributed by atoms with E-state index in [-0.39, 0.29) is 0 Å². The second-order valence-electron chi connectivity index (χ2n) is 2.66. The Morgan fingerprint density at radius 3 is 2.57 bits per heavy atom. The SMILES string of the molecule is CCOC=C=Cc1ccc(OC)cc1. The molecule has 0 fully saturated rings. The molecule has 0 aromatic heterocycles. The summed E-state index contributed by atoms with van der Waals surface area (Å²) in [5, 5.41) is 0. The first kappa shape index (κ1) is 10.4. The minimum atomic E-state index is 0.670. The summed E-state index contributed by atoms with van der Waals surface area (Å²) in [5.41, 5.74) is 4.00. The molecule has 74 valence electrons. The summed E-state index contributed by atoms with van der Waals surface area (Å²) in [6.07, 6.45) is 3.42. The minimum Gasteiger partial charge on any atom is -0.497 e. The normalized spacial score (nSPS) is 8.71. The zero-order valence-electron chi connectivity index (χ0n) is 8.49. The standard InChI is InChI=1S/C12H14O2/c1-3-14-10-4-5-11-6-8-12(13-2)9-7-11/h5-10H,3H2,1-2H3. The Hall–Kier alpha value is -1.66. The van der Waals surface area contributed by atoms with Crippen LogP contribution < -0.4 is 4.74 Å².